The Balaban J connectivity index is 4.05. The van der Waals surface area contributed by atoms with Gasteiger partial charge in [-0.25, -0.2) is 0 Å². The molecule has 0 saturated heterocycles. The minimum atomic E-state index is -0.175. The van der Waals surface area contributed by atoms with Crippen molar-refractivity contribution in [3.63, 3.8) is 0 Å². The SMILES string of the molecule is C=C(OC)C(CC(=O)NC(C)CC)NCCCCCCN=O. The Morgan fingerprint density at radius 3 is 2.55 bits per heavy atom. The first-order chi connectivity index (χ1) is 10.5. The number of unbranched alkanes of at least 4 members (excludes halogenated alkanes) is 3. The van der Waals surface area contributed by atoms with E-state index in [0.717, 1.165) is 38.6 Å². The average molecular weight is 313 g/mol. The van der Waals surface area contributed by atoms with Gasteiger partial charge < -0.3 is 15.4 Å². The van der Waals surface area contributed by atoms with Gasteiger partial charge in [-0.15, -0.1) is 0 Å². The fourth-order valence-corrected chi connectivity index (χ4v) is 1.99. The van der Waals surface area contributed by atoms with E-state index in [0.29, 0.717) is 18.7 Å². The Kier molecular flexibility index (Phi) is 12.4. The molecule has 0 heterocycles. The standard InChI is InChI=1S/C16H31N3O3/c1-5-13(2)19-16(20)12-15(14(3)22-4)17-10-8-6-7-9-11-18-21/h13,15,17H,3,5-12H2,1-2,4H3,(H,19,20). The van der Waals surface area contributed by atoms with Crippen molar-refractivity contribution in [2.24, 2.45) is 5.18 Å². The molecule has 22 heavy (non-hydrogen) atoms. The van der Waals surface area contributed by atoms with E-state index in [1.54, 1.807) is 7.11 Å². The van der Waals surface area contributed by atoms with Crippen LogP contribution in [0.25, 0.3) is 0 Å². The summed E-state index contributed by atoms with van der Waals surface area (Å²) in [5.74, 6) is 0.576. The van der Waals surface area contributed by atoms with Crippen LogP contribution in [-0.4, -0.2) is 38.2 Å². The minimum absolute atomic E-state index is 0.00195. The van der Waals surface area contributed by atoms with Gasteiger partial charge in [-0.2, -0.15) is 4.91 Å². The Bertz CT molecular complexity index is 335. The first-order valence-electron chi connectivity index (χ1n) is 8.09. The second-order valence-corrected chi connectivity index (χ2v) is 5.53. The second-order valence-electron chi connectivity index (χ2n) is 5.53. The maximum atomic E-state index is 12.0. The first-order valence-corrected chi connectivity index (χ1v) is 8.09. The zero-order valence-corrected chi connectivity index (χ0v) is 14.2. The lowest BCUT2D eigenvalue weighted by Gasteiger charge is -2.21. The van der Waals surface area contributed by atoms with Gasteiger partial charge in [0.1, 0.15) is 5.76 Å². The number of nitrogens with one attached hydrogen (secondary N) is 2. The van der Waals surface area contributed by atoms with Gasteiger partial charge >= 0.3 is 0 Å². The molecule has 6 nitrogen and oxygen atoms in total. The number of carbonyl (C=O) groups is 1. The summed E-state index contributed by atoms with van der Waals surface area (Å²) in [5, 5.41) is 9.10. The normalized spacial score (nSPS) is 13.2. The Hall–Kier alpha value is -1.43. The van der Waals surface area contributed by atoms with Crippen molar-refractivity contribution in [1.82, 2.24) is 10.6 Å². The van der Waals surface area contributed by atoms with Gasteiger partial charge in [0, 0.05) is 12.5 Å². The molecule has 2 atom stereocenters. The van der Waals surface area contributed by atoms with Crippen LogP contribution in [0.15, 0.2) is 17.5 Å². The van der Waals surface area contributed by atoms with Crippen molar-refractivity contribution in [3.05, 3.63) is 17.2 Å². The molecule has 0 aromatic heterocycles. The predicted molar refractivity (Wildman–Crippen MR) is 89.6 cm³/mol. The van der Waals surface area contributed by atoms with E-state index < -0.39 is 0 Å². The summed E-state index contributed by atoms with van der Waals surface area (Å²) in [7, 11) is 1.57. The van der Waals surface area contributed by atoms with E-state index in [-0.39, 0.29) is 18.0 Å². The molecule has 0 aromatic carbocycles. The molecule has 2 unspecified atom stereocenters. The number of nitroso groups, excluding NO2 is 1. The molecule has 0 bridgehead atoms. The Morgan fingerprint density at radius 2 is 1.95 bits per heavy atom. The van der Waals surface area contributed by atoms with Crippen LogP contribution in [0.4, 0.5) is 0 Å². The second kappa shape index (κ2) is 13.2. The number of hydrogen-bond acceptors (Lipinski definition) is 5. The van der Waals surface area contributed by atoms with Crippen LogP contribution in [0, 0.1) is 4.91 Å². The molecule has 0 aromatic rings. The van der Waals surface area contributed by atoms with E-state index in [1.807, 2.05) is 13.8 Å². The zero-order valence-electron chi connectivity index (χ0n) is 14.2. The number of methoxy groups -OCH3 is 1. The molecular weight excluding hydrogens is 282 g/mol. The fraction of sp³-hybridized carbons (Fsp3) is 0.812. The van der Waals surface area contributed by atoms with Gasteiger partial charge in [0.2, 0.25) is 5.91 Å². The minimum Gasteiger partial charge on any atom is -0.500 e. The molecule has 0 aliphatic rings. The van der Waals surface area contributed by atoms with Crippen molar-refractivity contribution >= 4 is 5.91 Å². The number of nitrogens with zero attached hydrogens (tertiary/aromatic N) is 1. The third-order valence-electron chi connectivity index (χ3n) is 3.63. The maximum Gasteiger partial charge on any atom is 0.222 e. The Labute approximate surface area is 134 Å². The summed E-state index contributed by atoms with van der Waals surface area (Å²) in [5.41, 5.74) is 0. The summed E-state index contributed by atoms with van der Waals surface area (Å²) in [6.45, 7) is 9.06. The monoisotopic (exact) mass is 313 g/mol. The zero-order chi connectivity index (χ0) is 16.8. The van der Waals surface area contributed by atoms with Gasteiger partial charge in [0.15, 0.2) is 0 Å². The highest BCUT2D eigenvalue weighted by Gasteiger charge is 2.17. The van der Waals surface area contributed by atoms with E-state index in [2.05, 4.69) is 22.4 Å². The number of hydrogen-bond donors (Lipinski definition) is 2. The van der Waals surface area contributed by atoms with Crippen molar-refractivity contribution in [1.29, 1.82) is 0 Å². The van der Waals surface area contributed by atoms with Gasteiger partial charge in [0.05, 0.1) is 19.7 Å². The molecule has 0 saturated carbocycles. The van der Waals surface area contributed by atoms with E-state index in [4.69, 9.17) is 4.74 Å². The number of carbonyl (C=O) groups excluding carboxylic acids is 1. The largest absolute Gasteiger partial charge is 0.500 e. The quantitative estimate of drug-likeness (QED) is 0.293. The predicted octanol–water partition coefficient (Wildman–Crippen LogP) is 2.74. The summed E-state index contributed by atoms with van der Waals surface area (Å²) < 4.78 is 5.17. The molecular formula is C16H31N3O3. The third kappa shape index (κ3) is 10.3. The highest BCUT2D eigenvalue weighted by Crippen LogP contribution is 2.07. The van der Waals surface area contributed by atoms with Crippen LogP contribution < -0.4 is 10.6 Å². The number of rotatable bonds is 14. The third-order valence-corrected chi connectivity index (χ3v) is 3.63. The molecule has 2 N–H and O–H groups in total. The summed E-state index contributed by atoms with van der Waals surface area (Å²) >= 11 is 0. The van der Waals surface area contributed by atoms with Gasteiger partial charge in [-0.3, -0.25) is 4.79 Å². The van der Waals surface area contributed by atoms with Crippen LogP contribution >= 0.6 is 0 Å². The lowest BCUT2D eigenvalue weighted by molar-refractivity contribution is -0.122. The highest BCUT2D eigenvalue weighted by molar-refractivity contribution is 5.77. The molecule has 6 heteroatoms. The van der Waals surface area contributed by atoms with E-state index in [1.165, 1.54) is 0 Å². The van der Waals surface area contributed by atoms with Crippen molar-refractivity contribution in [2.45, 2.75) is 64.5 Å². The first kappa shape index (κ1) is 20.6. The maximum absolute atomic E-state index is 12.0. The number of amides is 1. The lowest BCUT2D eigenvalue weighted by Crippen LogP contribution is -2.40. The van der Waals surface area contributed by atoms with Crippen LogP contribution in [0.5, 0.6) is 0 Å². The molecule has 0 aliphatic carbocycles. The summed E-state index contributed by atoms with van der Waals surface area (Å²) in [6.07, 6.45) is 5.09. The van der Waals surface area contributed by atoms with Crippen LogP contribution in [-0.2, 0) is 9.53 Å². The molecule has 0 rings (SSSR count). The average Bonchev–Trinajstić information content (AvgIpc) is 2.51. The van der Waals surface area contributed by atoms with E-state index >= 15 is 0 Å². The van der Waals surface area contributed by atoms with Crippen molar-refractivity contribution in [3.8, 4) is 0 Å². The van der Waals surface area contributed by atoms with Gasteiger partial charge in [-0.05, 0) is 32.7 Å². The lowest BCUT2D eigenvalue weighted by atomic mass is 10.1. The summed E-state index contributed by atoms with van der Waals surface area (Å²) in [4.78, 5) is 21.9. The molecule has 0 spiro atoms. The molecule has 128 valence electrons. The van der Waals surface area contributed by atoms with Crippen LogP contribution in [0.3, 0.4) is 0 Å². The van der Waals surface area contributed by atoms with Crippen molar-refractivity contribution < 1.29 is 9.53 Å². The topological polar surface area (TPSA) is 79.8 Å². The molecule has 0 radical (unpaired) electrons. The Morgan fingerprint density at radius 1 is 1.27 bits per heavy atom. The molecule has 0 fully saturated rings. The van der Waals surface area contributed by atoms with Gasteiger partial charge in [-0.1, -0.05) is 31.5 Å². The van der Waals surface area contributed by atoms with Crippen LogP contribution in [0.1, 0.15) is 52.4 Å². The van der Waals surface area contributed by atoms with Crippen LogP contribution in [0.2, 0.25) is 0 Å². The number of ether oxygens (including phenoxy) is 1. The smallest absolute Gasteiger partial charge is 0.222 e. The molecule has 1 amide bonds. The fourth-order valence-electron chi connectivity index (χ4n) is 1.99. The van der Waals surface area contributed by atoms with Crippen molar-refractivity contribution in [2.75, 3.05) is 20.2 Å². The van der Waals surface area contributed by atoms with Gasteiger partial charge in [0.25, 0.3) is 0 Å². The molecule has 0 aliphatic heterocycles. The highest BCUT2D eigenvalue weighted by atomic mass is 16.5. The summed E-state index contributed by atoms with van der Waals surface area (Å²) in [6, 6.07) is 0.00101. The van der Waals surface area contributed by atoms with E-state index in [9.17, 15) is 9.70 Å².